The van der Waals surface area contributed by atoms with E-state index in [1.165, 1.54) is 0 Å². The van der Waals surface area contributed by atoms with Crippen molar-refractivity contribution in [3.63, 3.8) is 0 Å². The Morgan fingerprint density at radius 3 is 3.04 bits per heavy atom. The average molecular weight is 322 g/mol. The summed E-state index contributed by atoms with van der Waals surface area (Å²) in [6, 6.07) is 7.70. The molecule has 0 spiro atoms. The van der Waals surface area contributed by atoms with E-state index >= 15 is 0 Å². The molecule has 0 aliphatic carbocycles. The molecule has 7 heteroatoms. The fourth-order valence-corrected chi connectivity index (χ4v) is 4.22. The maximum Gasteiger partial charge on any atom is 0.254 e. The number of hydrogen-bond donors (Lipinski definition) is 0. The zero-order valence-electron chi connectivity index (χ0n) is 13.5. The number of piperidine rings is 1. The molecule has 24 heavy (non-hydrogen) atoms. The highest BCUT2D eigenvalue weighted by Gasteiger charge is 2.35. The summed E-state index contributed by atoms with van der Waals surface area (Å²) in [6.45, 7) is 4.60. The molecule has 2 bridgehead atoms. The Hall–Kier alpha value is -2.70. The highest BCUT2D eigenvalue weighted by Crippen LogP contribution is 2.36. The molecule has 2 atom stereocenters. The maximum atomic E-state index is 12.1. The first kappa shape index (κ1) is 13.7. The third kappa shape index (κ3) is 1.97. The minimum absolute atomic E-state index is 0.120. The van der Waals surface area contributed by atoms with Gasteiger partial charge < -0.3 is 9.47 Å². The van der Waals surface area contributed by atoms with Crippen molar-refractivity contribution in [1.82, 2.24) is 24.1 Å². The minimum atomic E-state index is 0.120. The molecule has 0 radical (unpaired) electrons. The van der Waals surface area contributed by atoms with Crippen LogP contribution < -0.4 is 10.5 Å². The summed E-state index contributed by atoms with van der Waals surface area (Å²) in [5, 5.41) is 4.33. The van der Waals surface area contributed by atoms with E-state index < -0.39 is 0 Å². The second-order valence-corrected chi connectivity index (χ2v) is 6.83. The van der Waals surface area contributed by atoms with Crippen LogP contribution in [0.5, 0.6) is 0 Å². The van der Waals surface area contributed by atoms with Gasteiger partial charge in [0.05, 0.1) is 0 Å². The summed E-state index contributed by atoms with van der Waals surface area (Å²) in [5.41, 5.74) is 2.22. The molecular formula is C17H18N6O. The van der Waals surface area contributed by atoms with Gasteiger partial charge in [-0.05, 0) is 25.3 Å². The van der Waals surface area contributed by atoms with E-state index in [0.717, 1.165) is 43.3 Å². The highest BCUT2D eigenvalue weighted by atomic mass is 16.1. The molecule has 0 aromatic carbocycles. The predicted octanol–water partition coefficient (Wildman–Crippen LogP) is 1.22. The standard InChI is InChI=1S/C17H18N6O/c1-11-5-15(23-17(20-11)18-10-19-23)21-7-12-6-13(9-21)14-3-2-4-16(24)22(14)8-12/h2-5,10,12-13H,6-9H2,1H3/t12-,13+/m1/s1. The van der Waals surface area contributed by atoms with E-state index in [2.05, 4.69) is 32.1 Å². The lowest BCUT2D eigenvalue weighted by Gasteiger charge is -2.43. The lowest BCUT2D eigenvalue weighted by atomic mass is 9.83. The summed E-state index contributed by atoms with van der Waals surface area (Å²) in [6.07, 6.45) is 2.69. The minimum Gasteiger partial charge on any atom is -0.355 e. The summed E-state index contributed by atoms with van der Waals surface area (Å²) in [7, 11) is 0. The van der Waals surface area contributed by atoms with E-state index in [9.17, 15) is 4.79 Å². The first-order valence-corrected chi connectivity index (χ1v) is 8.31. The van der Waals surface area contributed by atoms with Crippen molar-refractivity contribution in [2.45, 2.75) is 25.8 Å². The molecule has 0 unspecified atom stereocenters. The molecule has 0 N–H and O–H groups in total. The maximum absolute atomic E-state index is 12.1. The monoisotopic (exact) mass is 322 g/mol. The van der Waals surface area contributed by atoms with Crippen LogP contribution in [0.4, 0.5) is 5.82 Å². The van der Waals surface area contributed by atoms with Crippen molar-refractivity contribution in [2.24, 2.45) is 5.92 Å². The number of nitrogens with zero attached hydrogens (tertiary/aromatic N) is 6. The van der Waals surface area contributed by atoms with Gasteiger partial charge in [-0.1, -0.05) is 6.07 Å². The van der Waals surface area contributed by atoms with E-state index in [1.54, 1.807) is 12.4 Å². The molecule has 2 aliphatic rings. The molecule has 3 aromatic rings. The molecule has 1 saturated heterocycles. The number of pyridine rings is 1. The molecule has 122 valence electrons. The number of fused-ring (bicyclic) bond motifs is 5. The summed E-state index contributed by atoms with van der Waals surface area (Å²) in [5.74, 6) is 2.52. The fourth-order valence-electron chi connectivity index (χ4n) is 4.22. The van der Waals surface area contributed by atoms with Crippen LogP contribution in [0.3, 0.4) is 0 Å². The van der Waals surface area contributed by atoms with Crippen LogP contribution in [0.2, 0.25) is 0 Å². The van der Waals surface area contributed by atoms with Gasteiger partial charge in [0.15, 0.2) is 0 Å². The Morgan fingerprint density at radius 1 is 1.21 bits per heavy atom. The Balaban J connectivity index is 1.59. The second-order valence-electron chi connectivity index (χ2n) is 6.83. The molecule has 2 aliphatic heterocycles. The zero-order valence-corrected chi connectivity index (χ0v) is 13.5. The molecule has 5 heterocycles. The average Bonchev–Trinajstić information content (AvgIpc) is 3.03. The van der Waals surface area contributed by atoms with Gasteiger partial charge in [-0.2, -0.15) is 14.6 Å². The summed E-state index contributed by atoms with van der Waals surface area (Å²) in [4.78, 5) is 23.2. The Labute approximate surface area is 138 Å². The van der Waals surface area contributed by atoms with Crippen LogP contribution in [0, 0.1) is 12.8 Å². The molecule has 5 rings (SSSR count). The fraction of sp³-hybridized carbons (Fsp3) is 0.412. The van der Waals surface area contributed by atoms with Crippen molar-refractivity contribution in [3.8, 4) is 0 Å². The van der Waals surface area contributed by atoms with Gasteiger partial charge in [-0.3, -0.25) is 4.79 Å². The van der Waals surface area contributed by atoms with Gasteiger partial charge in [0.2, 0.25) is 0 Å². The van der Waals surface area contributed by atoms with Crippen molar-refractivity contribution in [3.05, 3.63) is 52.3 Å². The van der Waals surface area contributed by atoms with Gasteiger partial charge in [0, 0.05) is 49.1 Å². The largest absolute Gasteiger partial charge is 0.355 e. The number of aromatic nitrogens is 5. The predicted molar refractivity (Wildman–Crippen MR) is 89.3 cm³/mol. The molecule has 3 aromatic heterocycles. The van der Waals surface area contributed by atoms with E-state index in [4.69, 9.17) is 0 Å². The molecule has 0 amide bonds. The first-order valence-electron chi connectivity index (χ1n) is 8.31. The number of hydrogen-bond acceptors (Lipinski definition) is 5. The van der Waals surface area contributed by atoms with E-state index in [0.29, 0.717) is 17.6 Å². The van der Waals surface area contributed by atoms with Crippen molar-refractivity contribution < 1.29 is 0 Å². The molecular weight excluding hydrogens is 304 g/mol. The summed E-state index contributed by atoms with van der Waals surface area (Å²) < 4.78 is 3.77. The lowest BCUT2D eigenvalue weighted by Crippen LogP contribution is -2.47. The SMILES string of the molecule is Cc1cc(N2C[C@H]3C[C@@H](C2)c2cccc(=O)n2C3)n2ncnc2n1. The molecule has 7 nitrogen and oxygen atoms in total. The first-order chi connectivity index (χ1) is 11.7. The van der Waals surface area contributed by atoms with Crippen LogP contribution in [0.25, 0.3) is 5.78 Å². The number of anilines is 1. The lowest BCUT2D eigenvalue weighted by molar-refractivity contribution is 0.280. The van der Waals surface area contributed by atoms with Gasteiger partial charge in [0.25, 0.3) is 11.3 Å². The van der Waals surface area contributed by atoms with Crippen molar-refractivity contribution in [2.75, 3.05) is 18.0 Å². The van der Waals surface area contributed by atoms with Crippen LogP contribution in [0.1, 0.15) is 23.7 Å². The Bertz CT molecular complexity index is 990. The third-order valence-corrected chi connectivity index (χ3v) is 5.16. The van der Waals surface area contributed by atoms with Gasteiger partial charge >= 0.3 is 0 Å². The smallest absolute Gasteiger partial charge is 0.254 e. The van der Waals surface area contributed by atoms with Crippen LogP contribution in [0.15, 0.2) is 35.4 Å². The summed E-state index contributed by atoms with van der Waals surface area (Å²) >= 11 is 0. The van der Waals surface area contributed by atoms with E-state index in [1.807, 2.05) is 22.1 Å². The van der Waals surface area contributed by atoms with Gasteiger partial charge in [0.1, 0.15) is 12.1 Å². The van der Waals surface area contributed by atoms with Crippen molar-refractivity contribution in [1.29, 1.82) is 0 Å². The third-order valence-electron chi connectivity index (χ3n) is 5.16. The second kappa shape index (κ2) is 4.90. The van der Waals surface area contributed by atoms with E-state index in [-0.39, 0.29) is 5.56 Å². The van der Waals surface area contributed by atoms with Crippen molar-refractivity contribution >= 4 is 11.6 Å². The van der Waals surface area contributed by atoms with Crippen LogP contribution >= 0.6 is 0 Å². The molecule has 1 fully saturated rings. The van der Waals surface area contributed by atoms with Crippen LogP contribution in [-0.2, 0) is 6.54 Å². The number of aryl methyl sites for hydroxylation is 1. The van der Waals surface area contributed by atoms with Gasteiger partial charge in [-0.15, -0.1) is 0 Å². The quantitative estimate of drug-likeness (QED) is 0.674. The highest BCUT2D eigenvalue weighted by molar-refractivity contribution is 5.48. The Morgan fingerprint density at radius 2 is 2.12 bits per heavy atom. The topological polar surface area (TPSA) is 68.3 Å². The van der Waals surface area contributed by atoms with Gasteiger partial charge in [-0.25, -0.2) is 4.98 Å². The normalized spacial score (nSPS) is 22.6. The number of rotatable bonds is 1. The van der Waals surface area contributed by atoms with Crippen LogP contribution in [-0.4, -0.2) is 37.2 Å². The molecule has 0 saturated carbocycles. The Kier molecular flexibility index (Phi) is 2.80. The zero-order chi connectivity index (χ0) is 16.3.